The van der Waals surface area contributed by atoms with E-state index >= 15 is 0 Å². The van der Waals surface area contributed by atoms with Crippen molar-refractivity contribution in [2.75, 3.05) is 0 Å². The molecule has 1 aromatic carbocycles. The van der Waals surface area contributed by atoms with Crippen LogP contribution in [0.4, 0.5) is 5.69 Å². The molecule has 12 heavy (non-hydrogen) atoms. The summed E-state index contributed by atoms with van der Waals surface area (Å²) in [5, 5.41) is 0.426. The molecule has 0 atom stereocenters. The number of hydrogen-bond acceptors (Lipinski definition) is 3. The first-order valence-electron chi connectivity index (χ1n) is 3.22. The van der Waals surface area contributed by atoms with Gasteiger partial charge in [0.05, 0.1) is 10.6 Å². The van der Waals surface area contributed by atoms with Crippen molar-refractivity contribution in [3.8, 4) is 0 Å². The van der Waals surface area contributed by atoms with Gasteiger partial charge in [-0.15, -0.1) is 0 Å². The summed E-state index contributed by atoms with van der Waals surface area (Å²) in [5.74, 6) is 0. The highest BCUT2D eigenvalue weighted by Crippen LogP contribution is 2.33. The Kier molecular flexibility index (Phi) is 2.30. The molecule has 0 unspecified atom stereocenters. The Morgan fingerprint density at radius 3 is 3.17 bits per heavy atom. The van der Waals surface area contributed by atoms with Gasteiger partial charge in [0, 0.05) is 4.47 Å². The molecule has 0 saturated heterocycles. The summed E-state index contributed by atoms with van der Waals surface area (Å²) in [7, 11) is 0. The number of fused-ring (bicyclic) bond motifs is 1. The summed E-state index contributed by atoms with van der Waals surface area (Å²) in [5.41, 5.74) is 0.909. The Labute approximate surface area is 87.7 Å². The predicted octanol–water partition coefficient (Wildman–Crippen LogP) is 3.29. The van der Waals surface area contributed by atoms with Gasteiger partial charge < -0.3 is 4.72 Å². The fourth-order valence-corrected chi connectivity index (χ4v) is 2.25. The molecule has 1 N–H and O–H groups in total. The molecular formula is C7H4BrClN2S. The maximum absolute atomic E-state index is 5.69. The minimum atomic E-state index is 0.426. The van der Waals surface area contributed by atoms with Gasteiger partial charge in [-0.05, 0) is 41.7 Å². The van der Waals surface area contributed by atoms with Gasteiger partial charge in [-0.2, -0.15) is 0 Å². The highest BCUT2D eigenvalue weighted by Gasteiger charge is 2.09. The maximum atomic E-state index is 5.69. The molecule has 0 aliphatic carbocycles. The molecule has 1 aliphatic heterocycles. The molecule has 0 fully saturated rings. The van der Waals surface area contributed by atoms with Crippen LogP contribution in [-0.2, 0) is 0 Å². The summed E-state index contributed by atoms with van der Waals surface area (Å²) < 4.78 is 3.92. The van der Waals surface area contributed by atoms with E-state index in [4.69, 9.17) is 11.6 Å². The van der Waals surface area contributed by atoms with Crippen molar-refractivity contribution in [1.82, 2.24) is 4.72 Å². The third kappa shape index (κ3) is 1.60. The molecular weight excluding hydrogens is 260 g/mol. The van der Waals surface area contributed by atoms with Crippen LogP contribution in [0.1, 0.15) is 0 Å². The summed E-state index contributed by atoms with van der Waals surface area (Å²) in [6.07, 6.45) is 0. The van der Waals surface area contributed by atoms with Gasteiger partial charge >= 0.3 is 0 Å². The number of nitrogens with one attached hydrogen (secondary N) is 1. The van der Waals surface area contributed by atoms with E-state index in [1.54, 1.807) is 0 Å². The lowest BCUT2D eigenvalue weighted by molar-refractivity contribution is 1.30. The Hall–Kier alpha value is -0.190. The largest absolute Gasteiger partial charge is 0.300 e. The quantitative estimate of drug-likeness (QED) is 0.574. The maximum Gasteiger partial charge on any atom is 0.206 e. The second-order valence-electron chi connectivity index (χ2n) is 2.22. The molecule has 0 saturated carbocycles. The zero-order chi connectivity index (χ0) is 8.55. The van der Waals surface area contributed by atoms with Crippen LogP contribution in [0.3, 0.4) is 0 Å². The SMILES string of the molecule is ClC1=Nc2ccc(Br)cc2SN1. The average molecular weight is 264 g/mol. The number of hydrogen-bond donors (Lipinski definition) is 1. The van der Waals surface area contributed by atoms with Gasteiger partial charge in [0.25, 0.3) is 0 Å². The first-order valence-corrected chi connectivity index (χ1v) is 5.21. The zero-order valence-corrected chi connectivity index (χ0v) is 9.00. The van der Waals surface area contributed by atoms with Crippen LogP contribution in [-0.4, -0.2) is 5.29 Å². The average Bonchev–Trinajstić information content (AvgIpc) is 2.05. The van der Waals surface area contributed by atoms with Crippen LogP contribution in [0, 0.1) is 0 Å². The van der Waals surface area contributed by atoms with E-state index in [1.807, 2.05) is 18.2 Å². The number of amidine groups is 1. The molecule has 0 bridgehead atoms. The van der Waals surface area contributed by atoms with E-state index < -0.39 is 0 Å². The van der Waals surface area contributed by atoms with Crippen molar-refractivity contribution >= 4 is 50.5 Å². The van der Waals surface area contributed by atoms with E-state index in [-0.39, 0.29) is 0 Å². The number of benzene rings is 1. The highest BCUT2D eigenvalue weighted by molar-refractivity contribution is 9.10. The third-order valence-electron chi connectivity index (χ3n) is 1.39. The zero-order valence-electron chi connectivity index (χ0n) is 5.84. The molecule has 1 heterocycles. The van der Waals surface area contributed by atoms with Gasteiger partial charge in [0.2, 0.25) is 5.29 Å². The lowest BCUT2D eigenvalue weighted by Gasteiger charge is -2.12. The topological polar surface area (TPSA) is 24.4 Å². The molecule has 1 aromatic rings. The van der Waals surface area contributed by atoms with Gasteiger partial charge in [0.1, 0.15) is 0 Å². The summed E-state index contributed by atoms with van der Waals surface area (Å²) in [6, 6.07) is 5.87. The van der Waals surface area contributed by atoms with E-state index in [1.165, 1.54) is 11.9 Å². The molecule has 0 amide bonds. The van der Waals surface area contributed by atoms with Gasteiger partial charge in [0.15, 0.2) is 0 Å². The van der Waals surface area contributed by atoms with Gasteiger partial charge in [-0.1, -0.05) is 15.9 Å². The standard InChI is InChI=1S/C7H4BrClN2S/c8-4-1-2-5-6(3-4)12-11-7(9)10-5/h1-3H,(H,10,11). The molecule has 0 radical (unpaired) electrons. The summed E-state index contributed by atoms with van der Waals surface area (Å²) in [6.45, 7) is 0. The Morgan fingerprint density at radius 2 is 2.33 bits per heavy atom. The van der Waals surface area contributed by atoms with E-state index in [0.717, 1.165) is 15.1 Å². The van der Waals surface area contributed by atoms with Gasteiger partial charge in [-0.3, -0.25) is 0 Å². The highest BCUT2D eigenvalue weighted by atomic mass is 79.9. The van der Waals surface area contributed by atoms with Gasteiger partial charge in [-0.25, -0.2) is 4.99 Å². The molecule has 62 valence electrons. The van der Waals surface area contributed by atoms with E-state index in [2.05, 4.69) is 25.6 Å². The van der Waals surface area contributed by atoms with E-state index in [9.17, 15) is 0 Å². The third-order valence-corrected chi connectivity index (χ3v) is 3.01. The number of aliphatic imine (C=N–C) groups is 1. The van der Waals surface area contributed by atoms with Crippen LogP contribution < -0.4 is 4.72 Å². The molecule has 5 heteroatoms. The fraction of sp³-hybridized carbons (Fsp3) is 0. The van der Waals surface area contributed by atoms with E-state index in [0.29, 0.717) is 5.29 Å². The number of nitrogens with zero attached hydrogens (tertiary/aromatic N) is 1. The summed E-state index contributed by atoms with van der Waals surface area (Å²) in [4.78, 5) is 5.19. The molecule has 2 rings (SSSR count). The minimum absolute atomic E-state index is 0.426. The van der Waals surface area contributed by atoms with Crippen LogP contribution in [0.25, 0.3) is 0 Å². The van der Waals surface area contributed by atoms with Crippen LogP contribution in [0.5, 0.6) is 0 Å². The molecule has 0 spiro atoms. The first-order chi connectivity index (χ1) is 5.75. The van der Waals surface area contributed by atoms with Crippen molar-refractivity contribution in [3.63, 3.8) is 0 Å². The Bertz CT molecular complexity index is 353. The molecule has 1 aliphatic rings. The van der Waals surface area contributed by atoms with Crippen molar-refractivity contribution in [2.24, 2.45) is 4.99 Å². The number of rotatable bonds is 0. The van der Waals surface area contributed by atoms with Crippen LogP contribution >= 0.6 is 39.5 Å². The molecule has 2 nitrogen and oxygen atoms in total. The van der Waals surface area contributed by atoms with Crippen molar-refractivity contribution in [1.29, 1.82) is 0 Å². The van der Waals surface area contributed by atoms with Crippen molar-refractivity contribution in [2.45, 2.75) is 4.90 Å². The first kappa shape index (κ1) is 8.41. The van der Waals surface area contributed by atoms with Crippen LogP contribution in [0.15, 0.2) is 32.6 Å². The smallest absolute Gasteiger partial charge is 0.206 e. The Balaban J connectivity index is 2.51. The minimum Gasteiger partial charge on any atom is -0.300 e. The van der Waals surface area contributed by atoms with Crippen molar-refractivity contribution in [3.05, 3.63) is 22.7 Å². The predicted molar refractivity (Wildman–Crippen MR) is 56.1 cm³/mol. The summed E-state index contributed by atoms with van der Waals surface area (Å²) >= 11 is 10.5. The normalized spacial score (nSPS) is 14.7. The Morgan fingerprint density at radius 1 is 1.50 bits per heavy atom. The lowest BCUT2D eigenvalue weighted by atomic mass is 10.3. The fourth-order valence-electron chi connectivity index (χ4n) is 0.888. The second kappa shape index (κ2) is 3.28. The molecule has 0 aromatic heterocycles. The van der Waals surface area contributed by atoms with Crippen LogP contribution in [0.2, 0.25) is 0 Å². The number of halogens is 2. The lowest BCUT2D eigenvalue weighted by Crippen LogP contribution is -2.11. The second-order valence-corrected chi connectivity index (χ2v) is 4.34. The van der Waals surface area contributed by atoms with Crippen molar-refractivity contribution < 1.29 is 0 Å². The monoisotopic (exact) mass is 262 g/mol.